The number of benzene rings is 1. The van der Waals surface area contributed by atoms with Gasteiger partial charge in [-0.25, -0.2) is 9.98 Å². The number of pyridine rings is 1. The first-order valence-corrected chi connectivity index (χ1v) is 7.10. The average Bonchev–Trinajstić information content (AvgIpc) is 2.86. The predicted molar refractivity (Wildman–Crippen MR) is 84.6 cm³/mol. The van der Waals surface area contributed by atoms with Gasteiger partial charge in [0.25, 0.3) is 0 Å². The van der Waals surface area contributed by atoms with Gasteiger partial charge in [-0.2, -0.15) is 0 Å². The number of hydrogen-bond acceptors (Lipinski definition) is 4. The minimum Gasteiger partial charge on any atom is -0.475 e. The summed E-state index contributed by atoms with van der Waals surface area (Å²) >= 11 is 0. The second-order valence-electron chi connectivity index (χ2n) is 5.76. The van der Waals surface area contributed by atoms with Gasteiger partial charge in [0, 0.05) is 12.7 Å². The minimum atomic E-state index is -0.165. The first-order chi connectivity index (χ1) is 10.1. The fraction of sp³-hybridized carbons (Fsp3) is 0.294. The van der Waals surface area contributed by atoms with Crippen molar-refractivity contribution in [1.82, 2.24) is 4.98 Å². The molecule has 0 atom stereocenters. The molecule has 0 amide bonds. The van der Waals surface area contributed by atoms with E-state index in [0.717, 1.165) is 17.9 Å². The molecule has 1 aliphatic rings. The Morgan fingerprint density at radius 1 is 1.14 bits per heavy atom. The van der Waals surface area contributed by atoms with Crippen molar-refractivity contribution in [2.24, 2.45) is 4.99 Å². The molecule has 0 saturated heterocycles. The molecule has 1 aromatic heterocycles. The Labute approximate surface area is 124 Å². The summed E-state index contributed by atoms with van der Waals surface area (Å²) in [5.41, 5.74) is 1.96. The second kappa shape index (κ2) is 5.56. The molecule has 1 aromatic carbocycles. The molecule has 1 N–H and O–H groups in total. The highest BCUT2D eigenvalue weighted by atomic mass is 16.5. The molecule has 3 rings (SSSR count). The first kappa shape index (κ1) is 13.6. The largest absolute Gasteiger partial charge is 0.475 e. The fourth-order valence-corrected chi connectivity index (χ4v) is 2.22. The molecule has 0 unspecified atom stereocenters. The van der Waals surface area contributed by atoms with E-state index in [4.69, 9.17) is 4.74 Å². The Kier molecular flexibility index (Phi) is 3.60. The van der Waals surface area contributed by atoms with E-state index in [2.05, 4.69) is 41.3 Å². The number of ether oxygens (including phenoxy) is 1. The summed E-state index contributed by atoms with van der Waals surface area (Å²) in [6, 6.07) is 14.1. The van der Waals surface area contributed by atoms with Gasteiger partial charge in [-0.15, -0.1) is 0 Å². The predicted octanol–water partition coefficient (Wildman–Crippen LogP) is 3.25. The van der Waals surface area contributed by atoms with E-state index in [1.54, 1.807) is 6.20 Å². The van der Waals surface area contributed by atoms with Gasteiger partial charge in [0.15, 0.2) is 0 Å². The smallest absolute Gasteiger partial charge is 0.220 e. The van der Waals surface area contributed by atoms with Crippen molar-refractivity contribution < 1.29 is 4.74 Å². The quantitative estimate of drug-likeness (QED) is 0.935. The van der Waals surface area contributed by atoms with Crippen LogP contribution < -0.4 is 5.32 Å². The lowest BCUT2D eigenvalue weighted by atomic mass is 10.1. The molecule has 0 bridgehead atoms. The number of nitrogens with zero attached hydrogens (tertiary/aromatic N) is 2. The molecule has 0 radical (unpaired) electrons. The summed E-state index contributed by atoms with van der Waals surface area (Å²) in [4.78, 5) is 9.03. The molecule has 0 aliphatic carbocycles. The number of hydrogen-bond donors (Lipinski definition) is 1. The summed E-state index contributed by atoms with van der Waals surface area (Å²) in [7, 11) is 0. The van der Waals surface area contributed by atoms with Crippen LogP contribution in [0.4, 0.5) is 5.82 Å². The summed E-state index contributed by atoms with van der Waals surface area (Å²) in [5.74, 6) is 1.47. The third kappa shape index (κ3) is 3.21. The summed E-state index contributed by atoms with van der Waals surface area (Å²) in [6.07, 6.45) is 1.78. The molecular weight excluding hydrogens is 262 g/mol. The van der Waals surface area contributed by atoms with Crippen LogP contribution in [0.2, 0.25) is 0 Å². The van der Waals surface area contributed by atoms with E-state index in [0.29, 0.717) is 12.5 Å². The molecule has 2 aromatic rings. The van der Waals surface area contributed by atoms with Gasteiger partial charge in [-0.3, -0.25) is 0 Å². The topological polar surface area (TPSA) is 46.5 Å². The van der Waals surface area contributed by atoms with Gasteiger partial charge in [-0.1, -0.05) is 30.3 Å². The van der Waals surface area contributed by atoms with Crippen LogP contribution in [0.5, 0.6) is 0 Å². The Hall–Kier alpha value is -2.36. The maximum Gasteiger partial charge on any atom is 0.220 e. The fourth-order valence-electron chi connectivity index (χ4n) is 2.22. The number of aromatic nitrogens is 1. The van der Waals surface area contributed by atoms with Crippen LogP contribution >= 0.6 is 0 Å². The van der Waals surface area contributed by atoms with Crippen LogP contribution in [0.25, 0.3) is 0 Å². The van der Waals surface area contributed by atoms with Gasteiger partial charge < -0.3 is 10.1 Å². The van der Waals surface area contributed by atoms with Gasteiger partial charge in [-0.05, 0) is 31.5 Å². The van der Waals surface area contributed by atoms with E-state index >= 15 is 0 Å². The summed E-state index contributed by atoms with van der Waals surface area (Å²) in [5, 5.41) is 3.36. The van der Waals surface area contributed by atoms with Gasteiger partial charge in [0.1, 0.15) is 12.4 Å². The zero-order valence-corrected chi connectivity index (χ0v) is 12.3. The van der Waals surface area contributed by atoms with Gasteiger partial charge in [0.05, 0.1) is 11.1 Å². The van der Waals surface area contributed by atoms with Crippen molar-refractivity contribution in [3.8, 4) is 0 Å². The van der Waals surface area contributed by atoms with Crippen molar-refractivity contribution in [1.29, 1.82) is 0 Å². The number of aliphatic imine (C=N–C) groups is 1. The number of nitrogens with one attached hydrogen (secondary N) is 1. The molecule has 4 heteroatoms. The van der Waals surface area contributed by atoms with Crippen LogP contribution in [-0.2, 0) is 11.3 Å². The van der Waals surface area contributed by atoms with E-state index in [9.17, 15) is 0 Å². The van der Waals surface area contributed by atoms with Crippen LogP contribution in [0.15, 0.2) is 53.7 Å². The summed E-state index contributed by atoms with van der Waals surface area (Å²) in [6.45, 7) is 5.46. The summed E-state index contributed by atoms with van der Waals surface area (Å²) < 4.78 is 5.72. The minimum absolute atomic E-state index is 0.165. The normalized spacial score (nSPS) is 16.2. The Morgan fingerprint density at radius 2 is 1.95 bits per heavy atom. The molecule has 4 nitrogen and oxygen atoms in total. The number of rotatable bonds is 4. The molecular formula is C17H19N3O. The molecule has 0 saturated carbocycles. The van der Waals surface area contributed by atoms with Gasteiger partial charge in [0.2, 0.25) is 5.90 Å². The maximum atomic E-state index is 5.72. The van der Waals surface area contributed by atoms with Crippen molar-refractivity contribution in [2.75, 3.05) is 11.9 Å². The third-order valence-corrected chi connectivity index (χ3v) is 3.31. The molecule has 0 spiro atoms. The van der Waals surface area contributed by atoms with Crippen LogP contribution in [-0.4, -0.2) is 23.0 Å². The van der Waals surface area contributed by atoms with Crippen LogP contribution in [0, 0.1) is 0 Å². The van der Waals surface area contributed by atoms with Crippen molar-refractivity contribution in [3.63, 3.8) is 0 Å². The molecule has 2 heterocycles. The monoisotopic (exact) mass is 281 g/mol. The second-order valence-corrected chi connectivity index (χ2v) is 5.76. The Bertz CT molecular complexity index is 650. The van der Waals surface area contributed by atoms with Crippen molar-refractivity contribution in [3.05, 3.63) is 59.8 Å². The maximum absolute atomic E-state index is 5.72. The van der Waals surface area contributed by atoms with Crippen LogP contribution in [0.3, 0.4) is 0 Å². The lowest BCUT2D eigenvalue weighted by molar-refractivity contribution is 0.279. The standard InChI is InChI=1S/C17H19N3O/c1-17(2)12-21-16(20-17)14-9-6-10-18-15(14)19-11-13-7-4-3-5-8-13/h3-10H,11-12H2,1-2H3,(H,18,19). The zero-order valence-electron chi connectivity index (χ0n) is 12.3. The Morgan fingerprint density at radius 3 is 2.67 bits per heavy atom. The van der Waals surface area contributed by atoms with E-state index in [1.165, 1.54) is 5.56 Å². The average molecular weight is 281 g/mol. The lowest BCUT2D eigenvalue weighted by Crippen LogP contribution is -2.17. The highest BCUT2D eigenvalue weighted by molar-refractivity contribution is 5.99. The highest BCUT2D eigenvalue weighted by Gasteiger charge is 2.28. The third-order valence-electron chi connectivity index (χ3n) is 3.31. The van der Waals surface area contributed by atoms with E-state index in [-0.39, 0.29) is 5.54 Å². The first-order valence-electron chi connectivity index (χ1n) is 7.10. The number of anilines is 1. The Balaban J connectivity index is 1.81. The molecule has 21 heavy (non-hydrogen) atoms. The molecule has 108 valence electrons. The molecule has 0 fully saturated rings. The van der Waals surface area contributed by atoms with E-state index in [1.807, 2.05) is 30.3 Å². The van der Waals surface area contributed by atoms with Crippen molar-refractivity contribution >= 4 is 11.7 Å². The zero-order chi connectivity index (χ0) is 14.7. The van der Waals surface area contributed by atoms with Gasteiger partial charge >= 0.3 is 0 Å². The molecule has 1 aliphatic heterocycles. The van der Waals surface area contributed by atoms with E-state index < -0.39 is 0 Å². The highest BCUT2D eigenvalue weighted by Crippen LogP contribution is 2.23. The lowest BCUT2D eigenvalue weighted by Gasteiger charge is -2.10. The van der Waals surface area contributed by atoms with Crippen molar-refractivity contribution in [2.45, 2.75) is 25.9 Å². The van der Waals surface area contributed by atoms with Crippen LogP contribution in [0.1, 0.15) is 25.0 Å². The SMILES string of the molecule is CC1(C)COC(c2cccnc2NCc2ccccc2)=N1.